The van der Waals surface area contributed by atoms with Crippen molar-refractivity contribution in [3.8, 4) is 5.75 Å². The topological polar surface area (TPSA) is 59.1 Å². The van der Waals surface area contributed by atoms with Crippen LogP contribution >= 0.6 is 11.6 Å². The number of rotatable bonds is 7. The molecule has 0 spiro atoms. The third-order valence-electron chi connectivity index (χ3n) is 3.46. The van der Waals surface area contributed by atoms with E-state index < -0.39 is 0 Å². The quantitative estimate of drug-likeness (QED) is 0.633. The number of nitrogens with one attached hydrogen (secondary N) is 2. The average molecular weight is 355 g/mol. The zero-order chi connectivity index (χ0) is 17.5. The molecule has 5 nitrogen and oxygen atoms in total. The van der Waals surface area contributed by atoms with Crippen molar-refractivity contribution in [2.45, 2.75) is 13.5 Å². The zero-order valence-electron chi connectivity index (χ0n) is 13.9. The van der Waals surface area contributed by atoms with Crippen molar-refractivity contribution in [2.75, 3.05) is 17.2 Å². The van der Waals surface area contributed by atoms with Crippen molar-refractivity contribution < 1.29 is 4.74 Å². The minimum Gasteiger partial charge on any atom is -0.494 e. The fourth-order valence-corrected chi connectivity index (χ4v) is 2.37. The first-order chi connectivity index (χ1) is 12.2. The van der Waals surface area contributed by atoms with Crippen LogP contribution in [0.15, 0.2) is 60.8 Å². The Balaban J connectivity index is 1.61. The highest BCUT2D eigenvalue weighted by atomic mass is 35.5. The molecule has 0 amide bonds. The second kappa shape index (κ2) is 8.35. The van der Waals surface area contributed by atoms with E-state index >= 15 is 0 Å². The van der Waals surface area contributed by atoms with Gasteiger partial charge >= 0.3 is 0 Å². The van der Waals surface area contributed by atoms with Crippen molar-refractivity contribution in [3.63, 3.8) is 0 Å². The molecule has 25 heavy (non-hydrogen) atoms. The summed E-state index contributed by atoms with van der Waals surface area (Å²) in [5.41, 5.74) is 2.05. The van der Waals surface area contributed by atoms with Gasteiger partial charge in [-0.1, -0.05) is 23.7 Å². The lowest BCUT2D eigenvalue weighted by molar-refractivity contribution is 0.340. The Kier molecular flexibility index (Phi) is 5.69. The van der Waals surface area contributed by atoms with Crippen LogP contribution in [0.5, 0.6) is 5.75 Å². The summed E-state index contributed by atoms with van der Waals surface area (Å²) >= 11 is 5.89. The van der Waals surface area contributed by atoms with Gasteiger partial charge in [0.05, 0.1) is 6.61 Å². The van der Waals surface area contributed by atoms with E-state index in [9.17, 15) is 0 Å². The summed E-state index contributed by atoms with van der Waals surface area (Å²) in [6.07, 6.45) is 1.72. The molecule has 0 radical (unpaired) electrons. The van der Waals surface area contributed by atoms with Crippen LogP contribution < -0.4 is 15.4 Å². The van der Waals surface area contributed by atoms with Gasteiger partial charge in [0.1, 0.15) is 11.6 Å². The second-order valence-corrected chi connectivity index (χ2v) is 5.76. The summed E-state index contributed by atoms with van der Waals surface area (Å²) < 4.78 is 5.44. The maximum Gasteiger partial charge on any atom is 0.224 e. The smallest absolute Gasteiger partial charge is 0.224 e. The van der Waals surface area contributed by atoms with Crippen molar-refractivity contribution >= 4 is 29.1 Å². The van der Waals surface area contributed by atoms with Crippen molar-refractivity contribution in [1.29, 1.82) is 0 Å². The number of hydrogen-bond acceptors (Lipinski definition) is 5. The van der Waals surface area contributed by atoms with E-state index in [2.05, 4.69) is 20.6 Å². The average Bonchev–Trinajstić information content (AvgIpc) is 2.64. The molecule has 0 saturated heterocycles. The third kappa shape index (κ3) is 5.09. The summed E-state index contributed by atoms with van der Waals surface area (Å²) in [5, 5.41) is 7.19. The summed E-state index contributed by atoms with van der Waals surface area (Å²) in [6.45, 7) is 3.25. The molecular formula is C19H19ClN4O. The molecule has 1 aromatic heterocycles. The van der Waals surface area contributed by atoms with E-state index in [-0.39, 0.29) is 0 Å². The van der Waals surface area contributed by atoms with Gasteiger partial charge in [-0.2, -0.15) is 4.98 Å². The van der Waals surface area contributed by atoms with Crippen molar-refractivity contribution in [2.24, 2.45) is 0 Å². The molecule has 0 aliphatic carbocycles. The number of hydrogen-bond donors (Lipinski definition) is 2. The predicted molar refractivity (Wildman–Crippen MR) is 102 cm³/mol. The van der Waals surface area contributed by atoms with Gasteiger partial charge in [0.2, 0.25) is 5.95 Å². The molecule has 2 N–H and O–H groups in total. The largest absolute Gasteiger partial charge is 0.494 e. The molecule has 1 heterocycles. The van der Waals surface area contributed by atoms with E-state index in [0.717, 1.165) is 27.8 Å². The summed E-state index contributed by atoms with van der Waals surface area (Å²) in [5.74, 6) is 2.13. The Morgan fingerprint density at radius 1 is 1.00 bits per heavy atom. The van der Waals surface area contributed by atoms with Gasteiger partial charge in [-0.25, -0.2) is 4.98 Å². The first-order valence-corrected chi connectivity index (χ1v) is 8.42. The SMILES string of the molecule is CCOc1ccc(Nc2ccnc(NCc3ccc(Cl)cc3)n2)cc1. The van der Waals surface area contributed by atoms with Gasteiger partial charge in [0.25, 0.3) is 0 Å². The van der Waals surface area contributed by atoms with E-state index in [1.807, 2.05) is 61.5 Å². The van der Waals surface area contributed by atoms with Crippen LogP contribution in [-0.2, 0) is 6.54 Å². The number of nitrogens with zero attached hydrogens (tertiary/aromatic N) is 2. The van der Waals surface area contributed by atoms with Gasteiger partial charge in [-0.3, -0.25) is 0 Å². The Morgan fingerprint density at radius 3 is 2.48 bits per heavy atom. The van der Waals surface area contributed by atoms with Gasteiger partial charge < -0.3 is 15.4 Å². The van der Waals surface area contributed by atoms with Crippen LogP contribution in [0.25, 0.3) is 0 Å². The standard InChI is InChI=1S/C19H19ClN4O/c1-2-25-17-9-7-16(8-10-17)23-18-11-12-21-19(24-18)22-13-14-3-5-15(20)6-4-14/h3-12H,2,13H2,1H3,(H2,21,22,23,24). The maximum atomic E-state index is 5.89. The monoisotopic (exact) mass is 354 g/mol. The van der Waals surface area contributed by atoms with Gasteiger partial charge in [-0.05, 0) is 55.0 Å². The van der Waals surface area contributed by atoms with E-state index in [1.165, 1.54) is 0 Å². The molecule has 0 bridgehead atoms. The summed E-state index contributed by atoms with van der Waals surface area (Å²) in [7, 11) is 0. The number of anilines is 3. The van der Waals surface area contributed by atoms with Crippen LogP contribution in [0, 0.1) is 0 Å². The third-order valence-corrected chi connectivity index (χ3v) is 3.71. The Hall–Kier alpha value is -2.79. The molecular weight excluding hydrogens is 336 g/mol. The molecule has 128 valence electrons. The normalized spacial score (nSPS) is 10.3. The molecule has 2 aromatic carbocycles. The molecule has 0 aliphatic heterocycles. The summed E-state index contributed by atoms with van der Waals surface area (Å²) in [4.78, 5) is 8.71. The van der Waals surface area contributed by atoms with E-state index in [1.54, 1.807) is 6.20 Å². The Morgan fingerprint density at radius 2 is 1.76 bits per heavy atom. The minimum absolute atomic E-state index is 0.561. The van der Waals surface area contributed by atoms with E-state index in [4.69, 9.17) is 16.3 Å². The predicted octanol–water partition coefficient (Wildman–Crippen LogP) is 4.88. The Labute approximate surface area is 152 Å². The first-order valence-electron chi connectivity index (χ1n) is 8.04. The lowest BCUT2D eigenvalue weighted by Crippen LogP contribution is -2.04. The van der Waals surface area contributed by atoms with Crippen molar-refractivity contribution in [1.82, 2.24) is 9.97 Å². The van der Waals surface area contributed by atoms with Crippen molar-refractivity contribution in [3.05, 3.63) is 71.4 Å². The highest BCUT2D eigenvalue weighted by Gasteiger charge is 2.01. The van der Waals surface area contributed by atoms with Crippen LogP contribution in [0.1, 0.15) is 12.5 Å². The molecule has 0 aliphatic rings. The first kappa shape index (κ1) is 17.0. The molecule has 6 heteroatoms. The Bertz CT molecular complexity index is 806. The highest BCUT2D eigenvalue weighted by molar-refractivity contribution is 6.30. The molecule has 0 atom stereocenters. The van der Waals surface area contributed by atoms with Gasteiger partial charge in [0.15, 0.2) is 0 Å². The number of halogens is 1. The van der Waals surface area contributed by atoms with Gasteiger partial charge in [-0.15, -0.1) is 0 Å². The zero-order valence-corrected chi connectivity index (χ0v) is 14.6. The van der Waals surface area contributed by atoms with Crippen LogP contribution in [0.4, 0.5) is 17.5 Å². The fourth-order valence-electron chi connectivity index (χ4n) is 2.25. The number of benzene rings is 2. The molecule has 3 aromatic rings. The highest BCUT2D eigenvalue weighted by Crippen LogP contribution is 2.19. The fraction of sp³-hybridized carbons (Fsp3) is 0.158. The summed E-state index contributed by atoms with van der Waals surface area (Å²) in [6, 6.07) is 17.2. The van der Waals surface area contributed by atoms with Gasteiger partial charge in [0, 0.05) is 23.5 Å². The van der Waals surface area contributed by atoms with E-state index in [0.29, 0.717) is 19.1 Å². The lowest BCUT2D eigenvalue weighted by atomic mass is 10.2. The van der Waals surface area contributed by atoms with Crippen LogP contribution in [0.2, 0.25) is 5.02 Å². The van der Waals surface area contributed by atoms with Crippen LogP contribution in [0.3, 0.4) is 0 Å². The second-order valence-electron chi connectivity index (χ2n) is 5.33. The minimum atomic E-state index is 0.561. The number of aromatic nitrogens is 2. The molecule has 3 rings (SSSR count). The number of ether oxygens (including phenoxy) is 1. The molecule has 0 fully saturated rings. The lowest BCUT2D eigenvalue weighted by Gasteiger charge is -2.09. The molecule has 0 unspecified atom stereocenters. The molecule has 0 saturated carbocycles. The van der Waals surface area contributed by atoms with Crippen LogP contribution in [-0.4, -0.2) is 16.6 Å². The maximum absolute atomic E-state index is 5.89.